The number of ketones is 1. The van der Waals surface area contributed by atoms with E-state index in [4.69, 9.17) is 0 Å². The van der Waals surface area contributed by atoms with E-state index in [9.17, 15) is 24.1 Å². The first-order valence-electron chi connectivity index (χ1n) is 8.04. The summed E-state index contributed by atoms with van der Waals surface area (Å²) in [5.41, 5.74) is 0.902. The summed E-state index contributed by atoms with van der Waals surface area (Å²) in [7, 11) is 0. The van der Waals surface area contributed by atoms with Gasteiger partial charge in [-0.05, 0) is 42.0 Å². The van der Waals surface area contributed by atoms with E-state index in [1.807, 2.05) is 0 Å². The lowest BCUT2D eigenvalue weighted by Gasteiger charge is -2.04. The molecule has 0 aliphatic carbocycles. The van der Waals surface area contributed by atoms with Gasteiger partial charge in [-0.3, -0.25) is 19.7 Å². The molecule has 28 heavy (non-hydrogen) atoms. The molecule has 1 atom stereocenters. The molecule has 0 bridgehead atoms. The van der Waals surface area contributed by atoms with Gasteiger partial charge >= 0.3 is 0 Å². The van der Waals surface area contributed by atoms with E-state index >= 15 is 0 Å². The number of Topliss-reactive ketones (excluding diaryl/α,β-unsaturated/α-hetero) is 1. The number of thioether (sulfide) groups is 1. The van der Waals surface area contributed by atoms with Gasteiger partial charge in [-0.25, -0.2) is 4.39 Å². The van der Waals surface area contributed by atoms with E-state index in [-0.39, 0.29) is 29.0 Å². The zero-order chi connectivity index (χ0) is 20.1. The van der Waals surface area contributed by atoms with Crippen LogP contribution in [-0.2, 0) is 4.79 Å². The number of carbonyl (C=O) groups excluding carboxylic acids is 2. The van der Waals surface area contributed by atoms with Gasteiger partial charge in [-0.1, -0.05) is 11.8 Å². The molecule has 1 unspecified atom stereocenters. The van der Waals surface area contributed by atoms with Crippen LogP contribution >= 0.6 is 11.8 Å². The van der Waals surface area contributed by atoms with Gasteiger partial charge in [-0.2, -0.15) is 5.10 Å². The molecule has 1 heterocycles. The molecule has 1 fully saturated rings. The van der Waals surface area contributed by atoms with Crippen LogP contribution in [0.3, 0.4) is 0 Å². The Kier molecular flexibility index (Phi) is 5.90. The fourth-order valence-electron chi connectivity index (χ4n) is 2.34. The van der Waals surface area contributed by atoms with Crippen LogP contribution in [0.25, 0.3) is 0 Å². The Morgan fingerprint density at radius 2 is 1.89 bits per heavy atom. The molecule has 10 heteroatoms. The largest absolute Gasteiger partial charge is 0.303 e. The highest BCUT2D eigenvalue weighted by atomic mass is 32.2. The molecule has 1 amide bonds. The van der Waals surface area contributed by atoms with Crippen LogP contribution in [-0.4, -0.2) is 33.2 Å². The van der Waals surface area contributed by atoms with Crippen LogP contribution in [0.4, 0.5) is 10.1 Å². The van der Waals surface area contributed by atoms with Crippen molar-refractivity contribution in [3.8, 4) is 0 Å². The van der Waals surface area contributed by atoms with Crippen molar-refractivity contribution in [1.29, 1.82) is 0 Å². The monoisotopic (exact) mass is 400 g/mol. The zero-order valence-electron chi connectivity index (χ0n) is 14.2. The highest BCUT2D eigenvalue weighted by Gasteiger charge is 2.32. The zero-order valence-corrected chi connectivity index (χ0v) is 15.1. The van der Waals surface area contributed by atoms with Crippen molar-refractivity contribution in [3.05, 3.63) is 75.6 Å². The Labute approximate surface area is 162 Å². The second-order valence-electron chi connectivity index (χ2n) is 5.73. The van der Waals surface area contributed by atoms with E-state index in [0.29, 0.717) is 11.1 Å². The number of nitro groups is 1. The quantitative estimate of drug-likeness (QED) is 0.347. The minimum Gasteiger partial charge on any atom is -0.303 e. The molecule has 1 N–H and O–H groups in total. The fraction of sp³-hybridized carbons (Fsp3) is 0.111. The smallest absolute Gasteiger partial charge is 0.269 e. The Morgan fingerprint density at radius 1 is 1.21 bits per heavy atom. The maximum Gasteiger partial charge on any atom is 0.269 e. The number of rotatable bonds is 6. The third kappa shape index (κ3) is 4.86. The SMILES string of the molecule is O=C(CC1S/C(=N/N=C/c2ccc([N+](=O)[O-])cc2)NC1=O)c1ccc(F)cc1. The number of hydrogen-bond acceptors (Lipinski definition) is 7. The molecule has 142 valence electrons. The summed E-state index contributed by atoms with van der Waals surface area (Å²) in [5.74, 6) is -1.07. The van der Waals surface area contributed by atoms with E-state index in [1.54, 1.807) is 0 Å². The van der Waals surface area contributed by atoms with Gasteiger partial charge in [0.2, 0.25) is 5.91 Å². The molecular formula is C18H13FN4O4S. The first-order valence-corrected chi connectivity index (χ1v) is 8.92. The number of nitrogens with one attached hydrogen (secondary N) is 1. The van der Waals surface area contributed by atoms with E-state index in [1.165, 1.54) is 54.7 Å². The summed E-state index contributed by atoms with van der Waals surface area (Å²) in [6, 6.07) is 10.9. The molecule has 0 radical (unpaired) electrons. The summed E-state index contributed by atoms with van der Waals surface area (Å²) >= 11 is 1.08. The Bertz CT molecular complexity index is 974. The number of nitro benzene ring substituents is 1. The van der Waals surface area contributed by atoms with E-state index in [0.717, 1.165) is 11.8 Å². The standard InChI is InChI=1S/C18H13FN4O4S/c19-13-5-3-12(4-6-13)15(24)9-16-17(25)21-18(28-16)22-20-10-11-1-7-14(8-2-11)23(26)27/h1-8,10,16H,9H2,(H,21,22,25)/b20-10+. The van der Waals surface area contributed by atoms with Gasteiger partial charge in [0, 0.05) is 24.1 Å². The van der Waals surface area contributed by atoms with Gasteiger partial charge < -0.3 is 5.32 Å². The van der Waals surface area contributed by atoms with Gasteiger partial charge in [0.05, 0.1) is 16.4 Å². The van der Waals surface area contributed by atoms with Gasteiger partial charge in [0.15, 0.2) is 11.0 Å². The first-order chi connectivity index (χ1) is 13.4. The number of benzene rings is 2. The van der Waals surface area contributed by atoms with E-state index < -0.39 is 16.0 Å². The summed E-state index contributed by atoms with van der Waals surface area (Å²) in [6.07, 6.45) is 1.34. The van der Waals surface area contributed by atoms with Crippen molar-refractivity contribution < 1.29 is 18.9 Å². The second kappa shape index (κ2) is 8.53. The number of nitrogens with zero attached hydrogens (tertiary/aromatic N) is 3. The molecular weight excluding hydrogens is 387 g/mol. The van der Waals surface area contributed by atoms with Crippen LogP contribution in [0.15, 0.2) is 58.7 Å². The number of amidine groups is 1. The highest BCUT2D eigenvalue weighted by molar-refractivity contribution is 8.15. The Hall–Kier alpha value is -3.40. The molecule has 8 nitrogen and oxygen atoms in total. The van der Waals surface area contributed by atoms with E-state index in [2.05, 4.69) is 15.5 Å². The van der Waals surface area contributed by atoms with Crippen LogP contribution < -0.4 is 5.32 Å². The van der Waals surface area contributed by atoms with Crippen LogP contribution in [0.1, 0.15) is 22.3 Å². The van der Waals surface area contributed by atoms with Crippen LogP contribution in [0.2, 0.25) is 0 Å². The predicted octanol–water partition coefficient (Wildman–Crippen LogP) is 2.93. The molecule has 1 aliphatic heterocycles. The van der Waals surface area contributed by atoms with Crippen molar-refractivity contribution in [3.63, 3.8) is 0 Å². The van der Waals surface area contributed by atoms with Crippen molar-refractivity contribution in [1.82, 2.24) is 5.32 Å². The Morgan fingerprint density at radius 3 is 2.54 bits per heavy atom. The molecule has 0 spiro atoms. The fourth-order valence-corrected chi connectivity index (χ4v) is 3.26. The maximum atomic E-state index is 12.9. The van der Waals surface area contributed by atoms with Crippen molar-refractivity contribution >= 4 is 40.5 Å². The molecule has 1 aliphatic rings. The van der Waals surface area contributed by atoms with Crippen LogP contribution in [0, 0.1) is 15.9 Å². The minimum atomic E-state index is -0.647. The third-order valence-electron chi connectivity index (χ3n) is 3.77. The number of non-ortho nitro benzene ring substituents is 1. The number of hydrogen-bond donors (Lipinski definition) is 1. The highest BCUT2D eigenvalue weighted by Crippen LogP contribution is 2.24. The molecule has 0 aromatic heterocycles. The molecule has 3 rings (SSSR count). The summed E-state index contributed by atoms with van der Waals surface area (Å²) in [5, 5.41) is 20.5. The van der Waals surface area contributed by atoms with Crippen molar-refractivity contribution in [2.24, 2.45) is 10.2 Å². The number of halogens is 1. The summed E-state index contributed by atoms with van der Waals surface area (Å²) in [6.45, 7) is 0. The van der Waals surface area contributed by atoms with Crippen LogP contribution in [0.5, 0.6) is 0 Å². The average molecular weight is 400 g/mol. The van der Waals surface area contributed by atoms with Crippen molar-refractivity contribution in [2.75, 3.05) is 0 Å². The first kappa shape index (κ1) is 19.4. The lowest BCUT2D eigenvalue weighted by molar-refractivity contribution is -0.384. The topological polar surface area (TPSA) is 114 Å². The van der Waals surface area contributed by atoms with Crippen molar-refractivity contribution in [2.45, 2.75) is 11.7 Å². The predicted molar refractivity (Wildman–Crippen MR) is 103 cm³/mol. The number of carbonyl (C=O) groups is 2. The second-order valence-corrected chi connectivity index (χ2v) is 6.92. The Balaban J connectivity index is 1.59. The molecule has 2 aromatic rings. The molecule has 1 saturated heterocycles. The normalized spacial score (nSPS) is 17.8. The number of amides is 1. The molecule has 2 aromatic carbocycles. The summed E-state index contributed by atoms with van der Waals surface area (Å²) in [4.78, 5) is 34.3. The van der Waals surface area contributed by atoms with Gasteiger partial charge in [0.1, 0.15) is 5.82 Å². The summed E-state index contributed by atoms with van der Waals surface area (Å²) < 4.78 is 12.9. The lowest BCUT2D eigenvalue weighted by Crippen LogP contribution is -2.26. The third-order valence-corrected chi connectivity index (χ3v) is 4.84. The maximum absolute atomic E-state index is 12.9. The minimum absolute atomic E-state index is 0.0317. The average Bonchev–Trinajstić information content (AvgIpc) is 3.02. The van der Waals surface area contributed by atoms with Gasteiger partial charge in [-0.15, -0.1) is 5.10 Å². The molecule has 0 saturated carbocycles. The lowest BCUT2D eigenvalue weighted by atomic mass is 10.1. The van der Waals surface area contributed by atoms with Gasteiger partial charge in [0.25, 0.3) is 5.69 Å².